The molecule has 0 aromatic rings. The maximum absolute atomic E-state index is 6.01. The van der Waals surface area contributed by atoms with Crippen molar-refractivity contribution in [3.63, 3.8) is 0 Å². The molecule has 1 heterocycles. The van der Waals surface area contributed by atoms with Gasteiger partial charge in [-0.2, -0.15) is 0 Å². The van der Waals surface area contributed by atoms with E-state index in [0.29, 0.717) is 13.2 Å². The molecular formula is C12H27NO3Si. The lowest BCUT2D eigenvalue weighted by Gasteiger charge is -2.31. The smallest absolute Gasteiger partial charge is 0.374 e. The fourth-order valence-electron chi connectivity index (χ4n) is 2.15. The predicted octanol–water partition coefficient (Wildman–Crippen LogP) is 2.13. The first-order chi connectivity index (χ1) is 8.22. The van der Waals surface area contributed by atoms with E-state index in [-0.39, 0.29) is 0 Å². The first-order valence-corrected chi connectivity index (χ1v) is 8.76. The van der Waals surface area contributed by atoms with Gasteiger partial charge < -0.3 is 18.2 Å². The van der Waals surface area contributed by atoms with E-state index in [1.165, 1.54) is 19.4 Å². The summed E-state index contributed by atoms with van der Waals surface area (Å²) in [5, 5.41) is 0. The van der Waals surface area contributed by atoms with Gasteiger partial charge in [-0.1, -0.05) is 6.42 Å². The molecule has 0 aromatic carbocycles. The van der Waals surface area contributed by atoms with E-state index < -0.39 is 8.80 Å². The highest BCUT2D eigenvalue weighted by Crippen LogP contribution is 2.20. The molecule has 0 radical (unpaired) electrons. The van der Waals surface area contributed by atoms with E-state index in [2.05, 4.69) is 11.9 Å². The van der Waals surface area contributed by atoms with Crippen LogP contribution in [-0.2, 0) is 13.3 Å². The lowest BCUT2D eigenvalue weighted by atomic mass is 10.2. The van der Waals surface area contributed by atoms with Crippen LogP contribution < -0.4 is 0 Å². The Hall–Kier alpha value is 0.0569. The van der Waals surface area contributed by atoms with Crippen LogP contribution in [0.3, 0.4) is 0 Å². The van der Waals surface area contributed by atoms with Crippen molar-refractivity contribution in [3.05, 3.63) is 0 Å². The lowest BCUT2D eigenvalue weighted by Crippen LogP contribution is -2.47. The molecule has 0 N–H and O–H groups in total. The zero-order valence-corrected chi connectivity index (χ0v) is 12.5. The van der Waals surface area contributed by atoms with Gasteiger partial charge in [0.05, 0.1) is 6.61 Å². The van der Waals surface area contributed by atoms with Gasteiger partial charge in [-0.3, -0.25) is 0 Å². The minimum absolute atomic E-state index is 0.683. The zero-order chi connectivity index (χ0) is 12.6. The minimum Gasteiger partial charge on any atom is -0.374 e. The van der Waals surface area contributed by atoms with Gasteiger partial charge in [0.2, 0.25) is 0 Å². The van der Waals surface area contributed by atoms with Crippen LogP contribution in [0.15, 0.2) is 0 Å². The maximum Gasteiger partial charge on any atom is 0.500 e. The number of likely N-dealkylation sites (N-methyl/N-ethyl adjacent to an activating group) is 1. The van der Waals surface area contributed by atoms with Crippen LogP contribution in [0.5, 0.6) is 0 Å². The van der Waals surface area contributed by atoms with Crippen LogP contribution in [0, 0.1) is 0 Å². The van der Waals surface area contributed by atoms with Crippen molar-refractivity contribution in [2.75, 3.05) is 40.0 Å². The van der Waals surface area contributed by atoms with E-state index in [9.17, 15) is 0 Å². The molecule has 0 aliphatic carbocycles. The number of hydrogen-bond acceptors (Lipinski definition) is 4. The van der Waals surface area contributed by atoms with Crippen molar-refractivity contribution >= 4 is 8.80 Å². The number of rotatable bonds is 4. The van der Waals surface area contributed by atoms with Gasteiger partial charge in [-0.05, 0) is 40.3 Å². The van der Waals surface area contributed by atoms with Gasteiger partial charge in [0.1, 0.15) is 0 Å². The molecule has 0 bridgehead atoms. The van der Waals surface area contributed by atoms with Gasteiger partial charge in [0.25, 0.3) is 0 Å². The molecule has 102 valence electrons. The topological polar surface area (TPSA) is 30.9 Å². The molecule has 1 fully saturated rings. The van der Waals surface area contributed by atoms with Crippen LogP contribution in [0.25, 0.3) is 0 Å². The fourth-order valence-corrected chi connectivity index (χ4v) is 4.80. The second-order valence-electron chi connectivity index (χ2n) is 4.51. The van der Waals surface area contributed by atoms with Crippen LogP contribution in [-0.4, -0.2) is 53.7 Å². The van der Waals surface area contributed by atoms with Crippen LogP contribution >= 0.6 is 0 Å². The molecule has 1 aliphatic rings. The Morgan fingerprint density at radius 2 is 1.76 bits per heavy atom. The standard InChI is InChI=1S/C12H27NO3Si/c1-4-14-17(15-5-2)12-8-6-7-9-13(3)10-11-16-17/h4-12H2,1-3H3. The van der Waals surface area contributed by atoms with E-state index in [4.69, 9.17) is 13.3 Å². The molecular weight excluding hydrogens is 234 g/mol. The van der Waals surface area contributed by atoms with Gasteiger partial charge in [-0.15, -0.1) is 0 Å². The Labute approximate surface area is 107 Å². The second-order valence-corrected chi connectivity index (χ2v) is 7.24. The van der Waals surface area contributed by atoms with Crippen molar-refractivity contribution in [1.29, 1.82) is 0 Å². The summed E-state index contributed by atoms with van der Waals surface area (Å²) in [5.41, 5.74) is 0. The van der Waals surface area contributed by atoms with Gasteiger partial charge >= 0.3 is 8.80 Å². The normalized spacial score (nSPS) is 23.5. The molecule has 17 heavy (non-hydrogen) atoms. The van der Waals surface area contributed by atoms with Gasteiger partial charge in [-0.25, -0.2) is 0 Å². The number of nitrogens with zero attached hydrogens (tertiary/aromatic N) is 1. The summed E-state index contributed by atoms with van der Waals surface area (Å²) in [7, 11) is -0.228. The SMILES string of the molecule is CCO[Si]1(OCC)CCCCCN(C)CCO1. The van der Waals surface area contributed by atoms with Crippen molar-refractivity contribution < 1.29 is 13.3 Å². The minimum atomic E-state index is -2.38. The Balaban J connectivity index is 2.57. The van der Waals surface area contributed by atoms with Crippen molar-refractivity contribution in [2.45, 2.75) is 39.2 Å². The highest BCUT2D eigenvalue weighted by molar-refractivity contribution is 6.60. The monoisotopic (exact) mass is 261 g/mol. The second kappa shape index (κ2) is 8.21. The molecule has 0 amide bonds. The first-order valence-electron chi connectivity index (χ1n) is 6.83. The lowest BCUT2D eigenvalue weighted by molar-refractivity contribution is 0.0580. The third-order valence-corrected chi connectivity index (χ3v) is 6.11. The largest absolute Gasteiger partial charge is 0.500 e. The summed E-state index contributed by atoms with van der Waals surface area (Å²) >= 11 is 0. The van der Waals surface area contributed by atoms with Gasteiger partial charge in [0.15, 0.2) is 0 Å². The molecule has 0 aromatic heterocycles. The van der Waals surface area contributed by atoms with Crippen molar-refractivity contribution in [2.24, 2.45) is 0 Å². The molecule has 0 atom stereocenters. The van der Waals surface area contributed by atoms with E-state index in [1.54, 1.807) is 0 Å². The molecule has 5 heteroatoms. The molecule has 1 rings (SSSR count). The Bertz CT molecular complexity index is 198. The van der Waals surface area contributed by atoms with Crippen LogP contribution in [0.4, 0.5) is 0 Å². The Morgan fingerprint density at radius 1 is 1.06 bits per heavy atom. The molecule has 0 spiro atoms. The average molecular weight is 261 g/mol. The predicted molar refractivity (Wildman–Crippen MR) is 71.1 cm³/mol. The first kappa shape index (κ1) is 15.1. The fraction of sp³-hybridized carbons (Fsp3) is 1.00. The summed E-state index contributed by atoms with van der Waals surface area (Å²) in [6.07, 6.45) is 3.65. The Morgan fingerprint density at radius 3 is 2.41 bits per heavy atom. The highest BCUT2D eigenvalue weighted by Gasteiger charge is 2.40. The third kappa shape index (κ3) is 5.48. The molecule has 4 nitrogen and oxygen atoms in total. The van der Waals surface area contributed by atoms with Crippen molar-refractivity contribution in [1.82, 2.24) is 4.90 Å². The molecule has 0 saturated carbocycles. The average Bonchev–Trinajstić information content (AvgIpc) is 2.29. The van der Waals surface area contributed by atoms with E-state index in [1.807, 2.05) is 13.8 Å². The summed E-state index contributed by atoms with van der Waals surface area (Å²) in [5.74, 6) is 0. The third-order valence-electron chi connectivity index (χ3n) is 3.05. The van der Waals surface area contributed by atoms with E-state index >= 15 is 0 Å². The summed E-state index contributed by atoms with van der Waals surface area (Å²) < 4.78 is 17.7. The summed E-state index contributed by atoms with van der Waals surface area (Å²) in [4.78, 5) is 2.32. The highest BCUT2D eigenvalue weighted by atomic mass is 28.4. The summed E-state index contributed by atoms with van der Waals surface area (Å²) in [6.45, 7) is 8.26. The van der Waals surface area contributed by atoms with Crippen molar-refractivity contribution in [3.8, 4) is 0 Å². The molecule has 1 saturated heterocycles. The summed E-state index contributed by atoms with van der Waals surface area (Å²) in [6, 6.07) is 0.971. The quantitative estimate of drug-likeness (QED) is 0.726. The Kier molecular flexibility index (Phi) is 7.30. The van der Waals surface area contributed by atoms with Crippen LogP contribution in [0.2, 0.25) is 6.04 Å². The van der Waals surface area contributed by atoms with Crippen LogP contribution in [0.1, 0.15) is 33.1 Å². The zero-order valence-electron chi connectivity index (χ0n) is 11.5. The van der Waals surface area contributed by atoms with E-state index in [0.717, 1.165) is 25.6 Å². The molecule has 0 unspecified atom stereocenters. The number of hydrogen-bond donors (Lipinski definition) is 0. The van der Waals surface area contributed by atoms with Gasteiger partial charge in [0, 0.05) is 25.8 Å². The molecule has 1 aliphatic heterocycles. The maximum atomic E-state index is 6.01.